The van der Waals surface area contributed by atoms with Crippen molar-refractivity contribution in [2.24, 2.45) is 5.92 Å². The zero-order valence-corrected chi connectivity index (χ0v) is 16.0. The molecule has 1 atom stereocenters. The highest BCUT2D eigenvalue weighted by atomic mass is 16.5. The first-order valence-electron chi connectivity index (χ1n) is 9.60. The number of ether oxygens (including phenoxy) is 1. The Morgan fingerprint density at radius 2 is 1.89 bits per heavy atom. The quantitative estimate of drug-likeness (QED) is 0.849. The van der Waals surface area contributed by atoms with Gasteiger partial charge in [-0.2, -0.15) is 5.10 Å². The van der Waals surface area contributed by atoms with Crippen LogP contribution in [0.1, 0.15) is 45.1 Å². The molecule has 27 heavy (non-hydrogen) atoms. The standard InChI is InChI=1S/C21H27N3O3/c1-15(21(26)22-14-16-6-4-3-5-7-16)24-20(25)13-12-19(23-24)17-8-10-18(27-2)11-9-17/h8-13,15-16H,3-7,14H2,1-2H3,(H,22,26). The maximum Gasteiger partial charge on any atom is 0.267 e. The second-order valence-corrected chi connectivity index (χ2v) is 7.16. The summed E-state index contributed by atoms with van der Waals surface area (Å²) >= 11 is 0. The van der Waals surface area contributed by atoms with Gasteiger partial charge in [0.05, 0.1) is 12.8 Å². The maximum atomic E-state index is 12.5. The van der Waals surface area contributed by atoms with Crippen molar-refractivity contribution < 1.29 is 9.53 Å². The van der Waals surface area contributed by atoms with E-state index < -0.39 is 6.04 Å². The molecule has 1 N–H and O–H groups in total. The first-order valence-corrected chi connectivity index (χ1v) is 9.60. The van der Waals surface area contributed by atoms with Crippen LogP contribution in [0, 0.1) is 5.92 Å². The number of carbonyl (C=O) groups excluding carboxylic acids is 1. The molecular formula is C21H27N3O3. The molecule has 1 saturated carbocycles. The number of hydrogen-bond acceptors (Lipinski definition) is 4. The number of rotatable bonds is 6. The van der Waals surface area contributed by atoms with Gasteiger partial charge in [0.25, 0.3) is 5.56 Å². The fourth-order valence-electron chi connectivity index (χ4n) is 3.51. The highest BCUT2D eigenvalue weighted by Crippen LogP contribution is 2.23. The van der Waals surface area contributed by atoms with Crippen LogP contribution in [0.5, 0.6) is 5.75 Å². The van der Waals surface area contributed by atoms with Gasteiger partial charge in [0.2, 0.25) is 5.91 Å². The Balaban J connectivity index is 1.72. The third-order valence-electron chi connectivity index (χ3n) is 5.25. The fourth-order valence-corrected chi connectivity index (χ4v) is 3.51. The zero-order chi connectivity index (χ0) is 19.2. The highest BCUT2D eigenvalue weighted by Gasteiger charge is 2.20. The number of aromatic nitrogens is 2. The summed E-state index contributed by atoms with van der Waals surface area (Å²) in [7, 11) is 1.61. The van der Waals surface area contributed by atoms with E-state index in [9.17, 15) is 9.59 Å². The zero-order valence-electron chi connectivity index (χ0n) is 16.0. The Hall–Kier alpha value is -2.63. The Bertz CT molecular complexity index is 823. The van der Waals surface area contributed by atoms with E-state index in [1.807, 2.05) is 24.3 Å². The van der Waals surface area contributed by atoms with Crippen molar-refractivity contribution in [2.75, 3.05) is 13.7 Å². The first kappa shape index (κ1) is 19.1. The second kappa shape index (κ2) is 8.84. The predicted molar refractivity (Wildman–Crippen MR) is 105 cm³/mol. The highest BCUT2D eigenvalue weighted by molar-refractivity contribution is 5.79. The van der Waals surface area contributed by atoms with Crippen LogP contribution in [0.3, 0.4) is 0 Å². The van der Waals surface area contributed by atoms with E-state index >= 15 is 0 Å². The van der Waals surface area contributed by atoms with Crippen LogP contribution < -0.4 is 15.6 Å². The Labute approximate surface area is 159 Å². The largest absolute Gasteiger partial charge is 0.497 e. The Kier molecular flexibility index (Phi) is 6.27. The van der Waals surface area contributed by atoms with Crippen molar-refractivity contribution in [3.8, 4) is 17.0 Å². The molecule has 1 aromatic heterocycles. The van der Waals surface area contributed by atoms with Crippen LogP contribution in [0.15, 0.2) is 41.2 Å². The molecule has 3 rings (SSSR count). The van der Waals surface area contributed by atoms with Gasteiger partial charge in [-0.05, 0) is 56.0 Å². The van der Waals surface area contributed by atoms with E-state index in [4.69, 9.17) is 4.74 Å². The molecule has 1 heterocycles. The molecule has 1 fully saturated rings. The SMILES string of the molecule is COc1ccc(-c2ccc(=O)n(C(C)C(=O)NCC3CCCCC3)n2)cc1. The minimum Gasteiger partial charge on any atom is -0.497 e. The minimum absolute atomic E-state index is 0.165. The average Bonchev–Trinajstić information content (AvgIpc) is 2.72. The number of nitrogens with one attached hydrogen (secondary N) is 1. The Morgan fingerprint density at radius 3 is 2.56 bits per heavy atom. The molecule has 0 spiro atoms. The predicted octanol–water partition coefficient (Wildman–Crippen LogP) is 3.18. The van der Waals surface area contributed by atoms with Crippen LogP contribution in [0.25, 0.3) is 11.3 Å². The number of amides is 1. The lowest BCUT2D eigenvalue weighted by molar-refractivity contribution is -0.124. The van der Waals surface area contributed by atoms with Crippen LogP contribution in [0.4, 0.5) is 0 Å². The molecule has 6 nitrogen and oxygen atoms in total. The molecule has 0 saturated heterocycles. The van der Waals surface area contributed by atoms with Gasteiger partial charge in [0.15, 0.2) is 0 Å². The molecule has 6 heteroatoms. The van der Waals surface area contributed by atoms with Crippen molar-refractivity contribution in [3.63, 3.8) is 0 Å². The molecule has 0 aliphatic heterocycles. The van der Waals surface area contributed by atoms with Gasteiger partial charge < -0.3 is 10.1 Å². The van der Waals surface area contributed by atoms with Gasteiger partial charge >= 0.3 is 0 Å². The van der Waals surface area contributed by atoms with Gasteiger partial charge in [-0.1, -0.05) is 19.3 Å². The number of benzene rings is 1. The summed E-state index contributed by atoms with van der Waals surface area (Å²) in [6.45, 7) is 2.39. The summed E-state index contributed by atoms with van der Waals surface area (Å²) in [5.41, 5.74) is 1.22. The van der Waals surface area contributed by atoms with E-state index in [0.717, 1.165) is 11.3 Å². The van der Waals surface area contributed by atoms with Crippen molar-refractivity contribution in [1.82, 2.24) is 15.1 Å². The third-order valence-corrected chi connectivity index (χ3v) is 5.25. The van der Waals surface area contributed by atoms with E-state index in [1.54, 1.807) is 20.1 Å². The molecule has 1 amide bonds. The van der Waals surface area contributed by atoms with Gasteiger partial charge in [-0.3, -0.25) is 9.59 Å². The number of nitrogens with zero attached hydrogens (tertiary/aromatic N) is 2. The molecule has 1 unspecified atom stereocenters. The molecular weight excluding hydrogens is 342 g/mol. The Morgan fingerprint density at radius 1 is 1.19 bits per heavy atom. The van der Waals surface area contributed by atoms with Crippen molar-refractivity contribution in [3.05, 3.63) is 46.8 Å². The number of carbonyl (C=O) groups is 1. The van der Waals surface area contributed by atoms with Crippen LogP contribution in [-0.2, 0) is 4.79 Å². The number of hydrogen-bond donors (Lipinski definition) is 1. The fraction of sp³-hybridized carbons (Fsp3) is 0.476. The minimum atomic E-state index is -0.653. The second-order valence-electron chi connectivity index (χ2n) is 7.16. The molecule has 0 bridgehead atoms. The van der Waals surface area contributed by atoms with Gasteiger partial charge in [-0.15, -0.1) is 0 Å². The average molecular weight is 369 g/mol. The topological polar surface area (TPSA) is 73.2 Å². The summed E-state index contributed by atoms with van der Waals surface area (Å²) < 4.78 is 6.43. The van der Waals surface area contributed by atoms with Gasteiger partial charge in [-0.25, -0.2) is 4.68 Å². The van der Waals surface area contributed by atoms with E-state index in [2.05, 4.69) is 10.4 Å². The van der Waals surface area contributed by atoms with Crippen molar-refractivity contribution in [1.29, 1.82) is 0 Å². The molecule has 1 aliphatic rings. The summed E-state index contributed by atoms with van der Waals surface area (Å²) in [5.74, 6) is 1.13. The third kappa shape index (κ3) is 4.76. The van der Waals surface area contributed by atoms with E-state index in [-0.39, 0.29) is 11.5 Å². The first-order chi connectivity index (χ1) is 13.1. The maximum absolute atomic E-state index is 12.5. The molecule has 1 aromatic carbocycles. The van der Waals surface area contributed by atoms with Crippen molar-refractivity contribution in [2.45, 2.75) is 45.1 Å². The van der Waals surface area contributed by atoms with Crippen molar-refractivity contribution >= 4 is 5.91 Å². The number of methoxy groups -OCH3 is 1. The summed E-state index contributed by atoms with van der Waals surface area (Å²) in [5, 5.41) is 7.41. The van der Waals surface area contributed by atoms with E-state index in [0.29, 0.717) is 18.2 Å². The lowest BCUT2D eigenvalue weighted by Crippen LogP contribution is -2.39. The van der Waals surface area contributed by atoms with E-state index in [1.165, 1.54) is 42.9 Å². The van der Waals surface area contributed by atoms with Crippen LogP contribution in [0.2, 0.25) is 0 Å². The normalized spacial score (nSPS) is 15.9. The monoisotopic (exact) mass is 369 g/mol. The lowest BCUT2D eigenvalue weighted by atomic mass is 9.89. The van der Waals surface area contributed by atoms with Crippen LogP contribution in [-0.4, -0.2) is 29.3 Å². The summed E-state index contributed by atoms with van der Waals surface area (Å²) in [6, 6.07) is 9.91. The molecule has 0 radical (unpaired) electrons. The van der Waals surface area contributed by atoms with Gasteiger partial charge in [0.1, 0.15) is 11.8 Å². The van der Waals surface area contributed by atoms with Gasteiger partial charge in [0, 0.05) is 18.2 Å². The molecule has 2 aromatic rings. The smallest absolute Gasteiger partial charge is 0.267 e. The summed E-state index contributed by atoms with van der Waals surface area (Å²) in [4.78, 5) is 24.8. The van der Waals surface area contributed by atoms with Crippen LogP contribution >= 0.6 is 0 Å². The molecule has 1 aliphatic carbocycles. The molecule has 144 valence electrons. The lowest BCUT2D eigenvalue weighted by Gasteiger charge is -2.23. The summed E-state index contributed by atoms with van der Waals surface area (Å²) in [6.07, 6.45) is 6.10.